The molecule has 0 atom stereocenters. The molecule has 5 heteroatoms. The van der Waals surface area contributed by atoms with E-state index < -0.39 is 0 Å². The third-order valence-electron chi connectivity index (χ3n) is 5.19. The SMILES string of the molecule is c1ccc(CN(Cc2ccccn2)Cc2ccnc3c2ccc2cccnc23)nc1. The lowest BCUT2D eigenvalue weighted by Crippen LogP contribution is -2.23. The average Bonchev–Trinajstić information content (AvgIpc) is 2.80. The highest BCUT2D eigenvalue weighted by atomic mass is 15.1. The van der Waals surface area contributed by atoms with Crippen LogP contribution in [0.1, 0.15) is 17.0 Å². The largest absolute Gasteiger partial charge is 0.287 e. The van der Waals surface area contributed by atoms with Crippen LogP contribution in [-0.2, 0) is 19.6 Å². The fraction of sp³-hybridized carbons (Fsp3) is 0.120. The predicted octanol–water partition coefficient (Wildman–Crippen LogP) is 4.78. The van der Waals surface area contributed by atoms with Crippen molar-refractivity contribution in [1.29, 1.82) is 0 Å². The lowest BCUT2D eigenvalue weighted by Gasteiger charge is -2.22. The Hall–Kier alpha value is -3.70. The Kier molecular flexibility index (Phi) is 5.10. The van der Waals surface area contributed by atoms with Crippen LogP contribution < -0.4 is 0 Å². The predicted molar refractivity (Wildman–Crippen MR) is 118 cm³/mol. The summed E-state index contributed by atoms with van der Waals surface area (Å²) in [5.41, 5.74) is 5.19. The molecule has 0 saturated heterocycles. The molecule has 4 heterocycles. The van der Waals surface area contributed by atoms with E-state index in [-0.39, 0.29) is 0 Å². The molecule has 5 rings (SSSR count). The molecule has 0 spiro atoms. The van der Waals surface area contributed by atoms with Gasteiger partial charge in [-0.3, -0.25) is 24.8 Å². The second kappa shape index (κ2) is 8.35. The third-order valence-corrected chi connectivity index (χ3v) is 5.19. The molecule has 0 amide bonds. The first-order valence-corrected chi connectivity index (χ1v) is 10.0. The Morgan fingerprint density at radius 1 is 0.533 bits per heavy atom. The summed E-state index contributed by atoms with van der Waals surface area (Å²) in [6.45, 7) is 2.25. The van der Waals surface area contributed by atoms with Crippen molar-refractivity contribution >= 4 is 21.8 Å². The van der Waals surface area contributed by atoms with Gasteiger partial charge < -0.3 is 0 Å². The number of pyridine rings is 4. The van der Waals surface area contributed by atoms with Crippen LogP contribution in [0.25, 0.3) is 21.8 Å². The quantitative estimate of drug-likeness (QED) is 0.390. The van der Waals surface area contributed by atoms with Gasteiger partial charge in [0.05, 0.1) is 22.4 Å². The van der Waals surface area contributed by atoms with Crippen LogP contribution in [0.2, 0.25) is 0 Å². The van der Waals surface area contributed by atoms with Crippen LogP contribution in [0.4, 0.5) is 0 Å². The van der Waals surface area contributed by atoms with Gasteiger partial charge in [0.25, 0.3) is 0 Å². The summed E-state index contributed by atoms with van der Waals surface area (Å²) >= 11 is 0. The molecule has 0 fully saturated rings. The Morgan fingerprint density at radius 3 is 1.93 bits per heavy atom. The minimum atomic E-state index is 0.743. The minimum Gasteiger partial charge on any atom is -0.287 e. The zero-order valence-electron chi connectivity index (χ0n) is 16.5. The number of hydrogen-bond acceptors (Lipinski definition) is 5. The van der Waals surface area contributed by atoms with E-state index in [9.17, 15) is 0 Å². The van der Waals surface area contributed by atoms with Crippen LogP contribution in [-0.4, -0.2) is 24.8 Å². The van der Waals surface area contributed by atoms with Crippen LogP contribution in [0, 0.1) is 0 Å². The highest BCUT2D eigenvalue weighted by Gasteiger charge is 2.13. The Bertz CT molecular complexity index is 1230. The third kappa shape index (κ3) is 3.88. The minimum absolute atomic E-state index is 0.743. The highest BCUT2D eigenvalue weighted by molar-refractivity contribution is 6.03. The summed E-state index contributed by atoms with van der Waals surface area (Å²) in [4.78, 5) is 20.6. The summed E-state index contributed by atoms with van der Waals surface area (Å²) in [6.07, 6.45) is 7.39. The van der Waals surface area contributed by atoms with Crippen LogP contribution in [0.3, 0.4) is 0 Å². The van der Waals surface area contributed by atoms with Crippen molar-refractivity contribution in [3.8, 4) is 0 Å². The molecule has 5 nitrogen and oxygen atoms in total. The first kappa shape index (κ1) is 18.3. The maximum absolute atomic E-state index is 4.64. The van der Waals surface area contributed by atoms with Crippen LogP contribution in [0.15, 0.2) is 91.5 Å². The monoisotopic (exact) mass is 391 g/mol. The summed E-state index contributed by atoms with van der Waals surface area (Å²) < 4.78 is 0. The summed E-state index contributed by atoms with van der Waals surface area (Å²) in [7, 11) is 0. The molecule has 0 bridgehead atoms. The van der Waals surface area contributed by atoms with Gasteiger partial charge in [0.15, 0.2) is 0 Å². The first-order valence-electron chi connectivity index (χ1n) is 10.0. The second-order valence-electron chi connectivity index (χ2n) is 7.29. The van der Waals surface area contributed by atoms with Crippen molar-refractivity contribution in [2.45, 2.75) is 19.6 Å². The number of hydrogen-bond donors (Lipinski definition) is 0. The van der Waals surface area contributed by atoms with E-state index >= 15 is 0 Å². The van der Waals surface area contributed by atoms with Crippen molar-refractivity contribution in [2.24, 2.45) is 0 Å². The molecule has 1 aromatic carbocycles. The van der Waals surface area contributed by atoms with Gasteiger partial charge in [-0.1, -0.05) is 30.3 Å². The lowest BCUT2D eigenvalue weighted by atomic mass is 10.1. The zero-order chi connectivity index (χ0) is 20.2. The van der Waals surface area contributed by atoms with Gasteiger partial charge in [-0.25, -0.2) is 0 Å². The maximum Gasteiger partial charge on any atom is 0.0967 e. The molecule has 146 valence electrons. The van der Waals surface area contributed by atoms with Gasteiger partial charge >= 0.3 is 0 Å². The number of aromatic nitrogens is 4. The normalized spacial score (nSPS) is 11.4. The lowest BCUT2D eigenvalue weighted by molar-refractivity contribution is 0.242. The van der Waals surface area contributed by atoms with E-state index in [1.807, 2.05) is 55.1 Å². The molecule has 0 N–H and O–H groups in total. The Morgan fingerprint density at radius 2 is 1.23 bits per heavy atom. The maximum atomic E-state index is 4.64. The summed E-state index contributed by atoms with van der Waals surface area (Å²) in [6, 6.07) is 22.5. The molecule has 0 saturated carbocycles. The zero-order valence-corrected chi connectivity index (χ0v) is 16.5. The number of nitrogens with zero attached hydrogens (tertiary/aromatic N) is 5. The average molecular weight is 391 g/mol. The van der Waals surface area contributed by atoms with Gasteiger partial charge in [-0.05, 0) is 42.0 Å². The standard InChI is InChI=1S/C25H21N5/c1-3-12-26-21(7-1)17-30(18-22-8-2-4-13-27-22)16-20-11-15-29-25-23(20)10-9-19-6-5-14-28-24(19)25/h1-15H,16-18H2. The van der Waals surface area contributed by atoms with Crippen molar-refractivity contribution in [1.82, 2.24) is 24.8 Å². The molecule has 0 unspecified atom stereocenters. The molecular weight excluding hydrogens is 370 g/mol. The van der Waals surface area contributed by atoms with E-state index in [0.29, 0.717) is 0 Å². The molecule has 0 radical (unpaired) electrons. The topological polar surface area (TPSA) is 54.8 Å². The molecule has 0 aliphatic carbocycles. The van der Waals surface area contributed by atoms with E-state index in [1.54, 1.807) is 0 Å². The van der Waals surface area contributed by atoms with Gasteiger partial charge in [0, 0.05) is 55.2 Å². The summed E-state index contributed by atoms with van der Waals surface area (Å²) in [5, 5.41) is 2.24. The molecule has 0 aliphatic heterocycles. The van der Waals surface area contributed by atoms with Crippen molar-refractivity contribution in [3.05, 3.63) is 108 Å². The molecule has 0 aliphatic rings. The number of rotatable bonds is 6. The number of fused-ring (bicyclic) bond motifs is 3. The molecular formula is C25H21N5. The smallest absolute Gasteiger partial charge is 0.0967 e. The van der Waals surface area contributed by atoms with E-state index in [1.165, 1.54) is 5.56 Å². The van der Waals surface area contributed by atoms with Gasteiger partial charge in [-0.15, -0.1) is 0 Å². The molecule has 30 heavy (non-hydrogen) atoms. The van der Waals surface area contributed by atoms with Crippen LogP contribution in [0.5, 0.6) is 0 Å². The van der Waals surface area contributed by atoms with Gasteiger partial charge in [0.2, 0.25) is 0 Å². The van der Waals surface area contributed by atoms with Gasteiger partial charge in [-0.2, -0.15) is 0 Å². The van der Waals surface area contributed by atoms with Gasteiger partial charge in [0.1, 0.15) is 0 Å². The fourth-order valence-corrected chi connectivity index (χ4v) is 3.80. The molecule has 5 aromatic rings. The first-order chi connectivity index (χ1) is 14.9. The Labute approximate surface area is 175 Å². The van der Waals surface area contributed by atoms with E-state index in [2.05, 4.69) is 61.2 Å². The van der Waals surface area contributed by atoms with Crippen molar-refractivity contribution in [2.75, 3.05) is 0 Å². The van der Waals surface area contributed by atoms with Crippen molar-refractivity contribution < 1.29 is 0 Å². The summed E-state index contributed by atoms with van der Waals surface area (Å²) in [5.74, 6) is 0. The Balaban J connectivity index is 1.52. The fourth-order valence-electron chi connectivity index (χ4n) is 3.80. The number of benzene rings is 1. The van der Waals surface area contributed by atoms with E-state index in [4.69, 9.17) is 0 Å². The highest BCUT2D eigenvalue weighted by Crippen LogP contribution is 2.25. The van der Waals surface area contributed by atoms with E-state index in [0.717, 1.165) is 52.8 Å². The second-order valence-corrected chi connectivity index (χ2v) is 7.29. The van der Waals surface area contributed by atoms with Crippen LogP contribution >= 0.6 is 0 Å². The molecule has 4 aromatic heterocycles. The van der Waals surface area contributed by atoms with Crippen molar-refractivity contribution in [3.63, 3.8) is 0 Å².